The van der Waals surface area contributed by atoms with E-state index in [9.17, 15) is 13.6 Å². The molecule has 1 aliphatic carbocycles. The normalized spacial score (nSPS) is 16.4. The van der Waals surface area contributed by atoms with Crippen molar-refractivity contribution in [2.45, 2.75) is 32.6 Å². The van der Waals surface area contributed by atoms with Gasteiger partial charge in [-0.3, -0.25) is 4.79 Å². The molecule has 18 heavy (non-hydrogen) atoms. The lowest BCUT2D eigenvalue weighted by Gasteiger charge is -2.15. The minimum Gasteiger partial charge on any atom is -0.351 e. The predicted molar refractivity (Wildman–Crippen MR) is 65.3 cm³/mol. The molecule has 0 spiro atoms. The standard InChI is InChI=1S/C14H17F2NO/c1-2-6-14(7-8-14)9-17-13(18)10-4-3-5-11(15)12(10)16/h3-5H,2,6-9H2,1H3,(H,17,18). The molecule has 0 bridgehead atoms. The largest absolute Gasteiger partial charge is 0.351 e. The van der Waals surface area contributed by atoms with Crippen molar-refractivity contribution in [3.63, 3.8) is 0 Å². The summed E-state index contributed by atoms with van der Waals surface area (Å²) in [5.74, 6) is -2.60. The van der Waals surface area contributed by atoms with Gasteiger partial charge in [0.2, 0.25) is 0 Å². The van der Waals surface area contributed by atoms with Crippen molar-refractivity contribution in [3.05, 3.63) is 35.4 Å². The number of hydrogen-bond donors (Lipinski definition) is 1. The van der Waals surface area contributed by atoms with Crippen LogP contribution in [0.25, 0.3) is 0 Å². The van der Waals surface area contributed by atoms with Crippen molar-refractivity contribution in [2.75, 3.05) is 6.54 Å². The Morgan fingerprint density at radius 2 is 2.11 bits per heavy atom. The van der Waals surface area contributed by atoms with Crippen LogP contribution in [0.15, 0.2) is 18.2 Å². The molecular formula is C14H17F2NO. The molecule has 0 aromatic heterocycles. The lowest BCUT2D eigenvalue weighted by molar-refractivity contribution is 0.0938. The molecule has 1 N–H and O–H groups in total. The van der Waals surface area contributed by atoms with Crippen LogP contribution < -0.4 is 5.32 Å². The van der Waals surface area contributed by atoms with E-state index in [1.807, 2.05) is 0 Å². The highest BCUT2D eigenvalue weighted by Crippen LogP contribution is 2.48. The maximum atomic E-state index is 13.4. The van der Waals surface area contributed by atoms with Gasteiger partial charge in [0.25, 0.3) is 5.91 Å². The Labute approximate surface area is 105 Å². The first-order valence-corrected chi connectivity index (χ1v) is 6.30. The number of hydrogen-bond acceptors (Lipinski definition) is 1. The molecule has 0 unspecified atom stereocenters. The van der Waals surface area contributed by atoms with Crippen LogP contribution in [0.3, 0.4) is 0 Å². The monoisotopic (exact) mass is 253 g/mol. The maximum Gasteiger partial charge on any atom is 0.254 e. The minimum absolute atomic E-state index is 0.203. The van der Waals surface area contributed by atoms with Crippen molar-refractivity contribution in [2.24, 2.45) is 5.41 Å². The SMILES string of the molecule is CCCC1(CNC(=O)c2cccc(F)c2F)CC1. The van der Waals surface area contributed by atoms with E-state index in [1.54, 1.807) is 0 Å². The van der Waals surface area contributed by atoms with E-state index in [4.69, 9.17) is 0 Å². The zero-order valence-corrected chi connectivity index (χ0v) is 10.4. The Balaban J connectivity index is 1.98. The molecular weight excluding hydrogens is 236 g/mol. The summed E-state index contributed by atoms with van der Waals surface area (Å²) in [7, 11) is 0. The Morgan fingerprint density at radius 3 is 2.72 bits per heavy atom. The van der Waals surface area contributed by atoms with Crippen molar-refractivity contribution < 1.29 is 13.6 Å². The Morgan fingerprint density at radius 1 is 1.39 bits per heavy atom. The van der Waals surface area contributed by atoms with Crippen molar-refractivity contribution in [3.8, 4) is 0 Å². The number of carbonyl (C=O) groups is 1. The number of nitrogens with one attached hydrogen (secondary N) is 1. The zero-order valence-electron chi connectivity index (χ0n) is 10.4. The molecule has 1 amide bonds. The Kier molecular flexibility index (Phi) is 3.64. The molecule has 1 saturated carbocycles. The lowest BCUT2D eigenvalue weighted by atomic mass is 10.0. The van der Waals surface area contributed by atoms with E-state index in [0.717, 1.165) is 31.7 Å². The van der Waals surface area contributed by atoms with Gasteiger partial charge in [0.15, 0.2) is 11.6 Å². The first kappa shape index (κ1) is 13.0. The molecule has 2 nitrogen and oxygen atoms in total. The highest BCUT2D eigenvalue weighted by atomic mass is 19.2. The minimum atomic E-state index is -1.07. The molecule has 1 fully saturated rings. The summed E-state index contributed by atoms with van der Waals surface area (Å²) in [6, 6.07) is 3.64. The number of halogens is 2. The van der Waals surface area contributed by atoms with E-state index < -0.39 is 17.5 Å². The van der Waals surface area contributed by atoms with Gasteiger partial charge >= 0.3 is 0 Å². The second-order valence-electron chi connectivity index (χ2n) is 5.03. The molecule has 98 valence electrons. The summed E-state index contributed by atoms with van der Waals surface area (Å²) < 4.78 is 26.4. The van der Waals surface area contributed by atoms with Crippen LogP contribution in [0.1, 0.15) is 43.0 Å². The van der Waals surface area contributed by atoms with E-state index in [-0.39, 0.29) is 11.0 Å². The van der Waals surface area contributed by atoms with Crippen LogP contribution in [-0.4, -0.2) is 12.5 Å². The Hall–Kier alpha value is -1.45. The zero-order chi connectivity index (χ0) is 13.2. The third kappa shape index (κ3) is 2.68. The fraction of sp³-hybridized carbons (Fsp3) is 0.500. The van der Waals surface area contributed by atoms with E-state index in [0.29, 0.717) is 6.54 Å². The van der Waals surface area contributed by atoms with Gasteiger partial charge in [-0.25, -0.2) is 8.78 Å². The van der Waals surface area contributed by atoms with Gasteiger partial charge in [0.1, 0.15) is 0 Å². The van der Waals surface area contributed by atoms with Crippen molar-refractivity contribution in [1.82, 2.24) is 5.32 Å². The van der Waals surface area contributed by atoms with Crippen LogP contribution in [0.4, 0.5) is 8.78 Å². The van der Waals surface area contributed by atoms with Crippen LogP contribution >= 0.6 is 0 Å². The summed E-state index contributed by atoms with van der Waals surface area (Å²) in [5, 5.41) is 2.71. The van der Waals surface area contributed by atoms with Crippen LogP contribution in [0.2, 0.25) is 0 Å². The average Bonchev–Trinajstić information content (AvgIpc) is 3.11. The number of amides is 1. The van der Waals surface area contributed by atoms with Crippen LogP contribution in [0.5, 0.6) is 0 Å². The smallest absolute Gasteiger partial charge is 0.254 e. The molecule has 0 heterocycles. The third-order valence-corrected chi connectivity index (χ3v) is 3.56. The first-order valence-electron chi connectivity index (χ1n) is 6.30. The fourth-order valence-corrected chi connectivity index (χ4v) is 2.26. The highest BCUT2D eigenvalue weighted by molar-refractivity contribution is 5.94. The number of carbonyl (C=O) groups excluding carboxylic acids is 1. The summed E-state index contributed by atoms with van der Waals surface area (Å²) >= 11 is 0. The van der Waals surface area contributed by atoms with Gasteiger partial charge < -0.3 is 5.32 Å². The summed E-state index contributed by atoms with van der Waals surface area (Å²) in [5.41, 5.74) is -0.0175. The van der Waals surface area contributed by atoms with Gasteiger partial charge in [-0.1, -0.05) is 19.4 Å². The van der Waals surface area contributed by atoms with Crippen LogP contribution in [-0.2, 0) is 0 Å². The van der Waals surface area contributed by atoms with Crippen molar-refractivity contribution in [1.29, 1.82) is 0 Å². The van der Waals surface area contributed by atoms with Gasteiger partial charge in [-0.05, 0) is 36.8 Å². The average molecular weight is 253 g/mol. The summed E-state index contributed by atoms with van der Waals surface area (Å²) in [6.07, 6.45) is 4.35. The van der Waals surface area contributed by atoms with Gasteiger partial charge in [0, 0.05) is 6.54 Å². The maximum absolute atomic E-state index is 13.4. The van der Waals surface area contributed by atoms with Gasteiger partial charge in [-0.15, -0.1) is 0 Å². The molecule has 0 atom stereocenters. The van der Waals surface area contributed by atoms with E-state index >= 15 is 0 Å². The predicted octanol–water partition coefficient (Wildman–Crippen LogP) is 3.27. The summed E-state index contributed by atoms with van der Waals surface area (Å²) in [6.45, 7) is 2.66. The molecule has 1 aliphatic rings. The van der Waals surface area contributed by atoms with Crippen molar-refractivity contribution >= 4 is 5.91 Å². The molecule has 4 heteroatoms. The molecule has 0 saturated heterocycles. The van der Waals surface area contributed by atoms with E-state index in [1.165, 1.54) is 12.1 Å². The fourth-order valence-electron chi connectivity index (χ4n) is 2.26. The van der Waals surface area contributed by atoms with Gasteiger partial charge in [0.05, 0.1) is 5.56 Å². The summed E-state index contributed by atoms with van der Waals surface area (Å²) in [4.78, 5) is 11.8. The Bertz CT molecular complexity index is 455. The molecule has 0 radical (unpaired) electrons. The van der Waals surface area contributed by atoms with Crippen LogP contribution in [0, 0.1) is 17.0 Å². The first-order chi connectivity index (χ1) is 8.58. The topological polar surface area (TPSA) is 29.1 Å². The molecule has 2 rings (SSSR count). The lowest BCUT2D eigenvalue weighted by Crippen LogP contribution is -2.31. The molecule has 0 aliphatic heterocycles. The third-order valence-electron chi connectivity index (χ3n) is 3.56. The highest BCUT2D eigenvalue weighted by Gasteiger charge is 2.41. The van der Waals surface area contributed by atoms with E-state index in [2.05, 4.69) is 12.2 Å². The number of rotatable bonds is 5. The second-order valence-corrected chi connectivity index (χ2v) is 5.03. The molecule has 1 aromatic rings. The molecule has 1 aromatic carbocycles. The second kappa shape index (κ2) is 5.04. The quantitative estimate of drug-likeness (QED) is 0.857. The number of benzene rings is 1. The van der Waals surface area contributed by atoms with Gasteiger partial charge in [-0.2, -0.15) is 0 Å².